The fourth-order valence-electron chi connectivity index (χ4n) is 1.67. The smallest absolute Gasteiger partial charge is 0.00392 e. The van der Waals surface area contributed by atoms with E-state index in [4.69, 9.17) is 5.73 Å². The standard InChI is InChI=1S/C10H19N/c1-2-3-4-9-5-7-10(11)8-6-9/h3-4,9-10H,2,5-8,11H2,1H3/b4-3+/t9-,10-. The Morgan fingerprint density at radius 1 is 1.27 bits per heavy atom. The van der Waals surface area contributed by atoms with E-state index in [-0.39, 0.29) is 0 Å². The molecule has 1 aliphatic rings. The normalized spacial score (nSPS) is 32.9. The summed E-state index contributed by atoms with van der Waals surface area (Å²) in [5, 5.41) is 0. The molecule has 64 valence electrons. The number of rotatable bonds is 2. The third kappa shape index (κ3) is 3.06. The molecule has 1 aliphatic carbocycles. The summed E-state index contributed by atoms with van der Waals surface area (Å²) < 4.78 is 0. The van der Waals surface area contributed by atoms with E-state index in [9.17, 15) is 0 Å². The van der Waals surface area contributed by atoms with Gasteiger partial charge in [-0.15, -0.1) is 0 Å². The first-order chi connectivity index (χ1) is 5.33. The van der Waals surface area contributed by atoms with E-state index in [1.165, 1.54) is 32.1 Å². The maximum absolute atomic E-state index is 5.80. The molecule has 0 spiro atoms. The van der Waals surface area contributed by atoms with Gasteiger partial charge in [-0.25, -0.2) is 0 Å². The molecule has 0 heterocycles. The van der Waals surface area contributed by atoms with E-state index in [2.05, 4.69) is 19.1 Å². The molecule has 1 fully saturated rings. The van der Waals surface area contributed by atoms with Gasteiger partial charge in [0.15, 0.2) is 0 Å². The first-order valence-corrected chi connectivity index (χ1v) is 4.75. The van der Waals surface area contributed by atoms with Crippen molar-refractivity contribution in [1.29, 1.82) is 0 Å². The molecule has 0 unspecified atom stereocenters. The van der Waals surface area contributed by atoms with Crippen molar-refractivity contribution in [2.45, 2.75) is 45.1 Å². The molecule has 1 heteroatoms. The Labute approximate surface area is 69.7 Å². The number of nitrogens with two attached hydrogens (primary N) is 1. The summed E-state index contributed by atoms with van der Waals surface area (Å²) in [5.41, 5.74) is 5.80. The molecule has 1 saturated carbocycles. The van der Waals surface area contributed by atoms with Crippen molar-refractivity contribution in [3.63, 3.8) is 0 Å². The topological polar surface area (TPSA) is 26.0 Å². The van der Waals surface area contributed by atoms with Crippen LogP contribution in [0.15, 0.2) is 12.2 Å². The third-order valence-electron chi connectivity index (χ3n) is 2.46. The van der Waals surface area contributed by atoms with Gasteiger partial charge in [0.2, 0.25) is 0 Å². The maximum Gasteiger partial charge on any atom is 0.00392 e. The van der Waals surface area contributed by atoms with Crippen molar-refractivity contribution in [2.24, 2.45) is 11.7 Å². The Balaban J connectivity index is 2.22. The van der Waals surface area contributed by atoms with Crippen LogP contribution >= 0.6 is 0 Å². The summed E-state index contributed by atoms with van der Waals surface area (Å²) in [7, 11) is 0. The first-order valence-electron chi connectivity index (χ1n) is 4.75. The quantitative estimate of drug-likeness (QED) is 0.606. The molecule has 0 atom stereocenters. The van der Waals surface area contributed by atoms with Gasteiger partial charge in [0.1, 0.15) is 0 Å². The molecule has 0 aliphatic heterocycles. The van der Waals surface area contributed by atoms with Gasteiger partial charge in [0.25, 0.3) is 0 Å². The lowest BCUT2D eigenvalue weighted by atomic mass is 9.86. The monoisotopic (exact) mass is 153 g/mol. The van der Waals surface area contributed by atoms with Crippen LogP contribution in [0.1, 0.15) is 39.0 Å². The van der Waals surface area contributed by atoms with E-state index in [0.717, 1.165) is 5.92 Å². The van der Waals surface area contributed by atoms with Gasteiger partial charge in [0, 0.05) is 6.04 Å². The Kier molecular flexibility index (Phi) is 3.64. The van der Waals surface area contributed by atoms with Crippen molar-refractivity contribution in [3.05, 3.63) is 12.2 Å². The number of allylic oxidation sites excluding steroid dienone is 2. The van der Waals surface area contributed by atoms with Crippen LogP contribution in [0.3, 0.4) is 0 Å². The Hall–Kier alpha value is -0.300. The molecule has 0 bridgehead atoms. The minimum Gasteiger partial charge on any atom is -0.328 e. The van der Waals surface area contributed by atoms with Gasteiger partial charge in [-0.3, -0.25) is 0 Å². The fourth-order valence-corrected chi connectivity index (χ4v) is 1.67. The predicted molar refractivity (Wildman–Crippen MR) is 49.4 cm³/mol. The van der Waals surface area contributed by atoms with Crippen molar-refractivity contribution in [3.8, 4) is 0 Å². The Morgan fingerprint density at radius 2 is 1.91 bits per heavy atom. The van der Waals surface area contributed by atoms with E-state index < -0.39 is 0 Å². The average molecular weight is 153 g/mol. The first kappa shape index (κ1) is 8.79. The van der Waals surface area contributed by atoms with Crippen LogP contribution in [0.4, 0.5) is 0 Å². The number of hydrogen-bond acceptors (Lipinski definition) is 1. The highest BCUT2D eigenvalue weighted by atomic mass is 14.6. The van der Waals surface area contributed by atoms with Crippen LogP contribution in [0.5, 0.6) is 0 Å². The number of hydrogen-bond donors (Lipinski definition) is 1. The second kappa shape index (κ2) is 4.55. The highest BCUT2D eigenvalue weighted by molar-refractivity contribution is 4.90. The molecule has 1 rings (SSSR count). The second-order valence-corrected chi connectivity index (χ2v) is 3.51. The van der Waals surface area contributed by atoms with Crippen LogP contribution < -0.4 is 5.73 Å². The van der Waals surface area contributed by atoms with E-state index >= 15 is 0 Å². The van der Waals surface area contributed by atoms with Crippen LogP contribution in [-0.2, 0) is 0 Å². The van der Waals surface area contributed by atoms with Gasteiger partial charge in [-0.05, 0) is 38.0 Å². The average Bonchev–Trinajstić information content (AvgIpc) is 2.04. The minimum absolute atomic E-state index is 0.487. The van der Waals surface area contributed by atoms with Crippen molar-refractivity contribution >= 4 is 0 Å². The molecule has 2 N–H and O–H groups in total. The SMILES string of the molecule is CC/C=C/[C@H]1CC[C@H](N)CC1. The van der Waals surface area contributed by atoms with Gasteiger partial charge >= 0.3 is 0 Å². The van der Waals surface area contributed by atoms with E-state index in [1.54, 1.807) is 0 Å². The zero-order chi connectivity index (χ0) is 8.10. The van der Waals surface area contributed by atoms with Gasteiger partial charge in [0.05, 0.1) is 0 Å². The molecule has 0 saturated heterocycles. The van der Waals surface area contributed by atoms with Crippen LogP contribution in [-0.4, -0.2) is 6.04 Å². The fraction of sp³-hybridized carbons (Fsp3) is 0.800. The molecular weight excluding hydrogens is 134 g/mol. The van der Waals surface area contributed by atoms with E-state index in [1.807, 2.05) is 0 Å². The van der Waals surface area contributed by atoms with E-state index in [0.29, 0.717) is 6.04 Å². The summed E-state index contributed by atoms with van der Waals surface area (Å²) in [6, 6.07) is 0.487. The molecule has 0 amide bonds. The van der Waals surface area contributed by atoms with Crippen LogP contribution in [0.25, 0.3) is 0 Å². The van der Waals surface area contributed by atoms with Crippen LogP contribution in [0, 0.1) is 5.92 Å². The summed E-state index contributed by atoms with van der Waals surface area (Å²) in [5.74, 6) is 0.828. The van der Waals surface area contributed by atoms with Gasteiger partial charge in [-0.1, -0.05) is 19.1 Å². The highest BCUT2D eigenvalue weighted by Crippen LogP contribution is 2.23. The molecule has 0 aromatic heterocycles. The van der Waals surface area contributed by atoms with Crippen LogP contribution in [0.2, 0.25) is 0 Å². The molecular formula is C10H19N. The molecule has 1 nitrogen and oxygen atoms in total. The maximum atomic E-state index is 5.80. The van der Waals surface area contributed by atoms with Gasteiger partial charge in [-0.2, -0.15) is 0 Å². The molecule has 0 radical (unpaired) electrons. The molecule has 11 heavy (non-hydrogen) atoms. The zero-order valence-corrected chi connectivity index (χ0v) is 7.42. The Morgan fingerprint density at radius 3 is 2.45 bits per heavy atom. The van der Waals surface area contributed by atoms with Crippen molar-refractivity contribution < 1.29 is 0 Å². The molecule has 0 aromatic carbocycles. The molecule has 0 aromatic rings. The second-order valence-electron chi connectivity index (χ2n) is 3.51. The summed E-state index contributed by atoms with van der Waals surface area (Å²) in [6.07, 6.45) is 10.9. The Bertz CT molecular complexity index is 121. The van der Waals surface area contributed by atoms with Crippen molar-refractivity contribution in [1.82, 2.24) is 0 Å². The summed E-state index contributed by atoms with van der Waals surface area (Å²) >= 11 is 0. The minimum atomic E-state index is 0.487. The highest BCUT2D eigenvalue weighted by Gasteiger charge is 2.15. The zero-order valence-electron chi connectivity index (χ0n) is 7.42. The van der Waals surface area contributed by atoms with Crippen molar-refractivity contribution in [2.75, 3.05) is 0 Å². The summed E-state index contributed by atoms with van der Waals surface area (Å²) in [6.45, 7) is 2.19. The predicted octanol–water partition coefficient (Wildman–Crippen LogP) is 2.47. The lowest BCUT2D eigenvalue weighted by Crippen LogP contribution is -2.25. The largest absolute Gasteiger partial charge is 0.328 e. The lowest BCUT2D eigenvalue weighted by Gasteiger charge is -2.23. The van der Waals surface area contributed by atoms with Gasteiger partial charge < -0.3 is 5.73 Å². The summed E-state index contributed by atoms with van der Waals surface area (Å²) in [4.78, 5) is 0. The third-order valence-corrected chi connectivity index (χ3v) is 2.46. The lowest BCUT2D eigenvalue weighted by molar-refractivity contribution is 0.375.